The topological polar surface area (TPSA) is 116 Å². The van der Waals surface area contributed by atoms with Gasteiger partial charge in [-0.25, -0.2) is 0 Å². The Morgan fingerprint density at radius 2 is 1.92 bits per heavy atom. The summed E-state index contributed by atoms with van der Waals surface area (Å²) < 4.78 is 3.03. The van der Waals surface area contributed by atoms with Gasteiger partial charge in [-0.15, -0.1) is 10.2 Å². The fraction of sp³-hybridized carbons (Fsp3) is 0.0625. The monoisotopic (exact) mass is 347 g/mol. The lowest BCUT2D eigenvalue weighted by Crippen LogP contribution is -2.15. The van der Waals surface area contributed by atoms with Gasteiger partial charge in [0, 0.05) is 5.69 Å². The molecule has 26 heavy (non-hydrogen) atoms. The quantitative estimate of drug-likeness (QED) is 0.589. The van der Waals surface area contributed by atoms with Crippen LogP contribution >= 0.6 is 0 Å². The van der Waals surface area contributed by atoms with E-state index in [2.05, 4.69) is 36.4 Å². The molecule has 2 heterocycles. The lowest BCUT2D eigenvalue weighted by atomic mass is 10.1. The molecule has 2 aromatic carbocycles. The van der Waals surface area contributed by atoms with Crippen molar-refractivity contribution in [3.8, 4) is 11.4 Å². The molecule has 0 unspecified atom stereocenters. The van der Waals surface area contributed by atoms with E-state index >= 15 is 0 Å². The summed E-state index contributed by atoms with van der Waals surface area (Å²) in [6, 6.07) is 14.3. The number of nitrogens with one attached hydrogen (secondary N) is 1. The molecule has 4 aromatic rings. The summed E-state index contributed by atoms with van der Waals surface area (Å²) in [6.07, 6.45) is 1.44. The number of anilines is 1. The summed E-state index contributed by atoms with van der Waals surface area (Å²) in [5, 5.41) is 25.4. The first-order valence-electron chi connectivity index (χ1n) is 7.71. The molecule has 0 bridgehead atoms. The number of amides is 1. The Kier molecular flexibility index (Phi) is 3.90. The SMILES string of the molecule is Cc1nnnn1-c1cccc(NC(=O)c2ccccc2-n2cnnn2)c1. The molecule has 0 saturated heterocycles. The van der Waals surface area contributed by atoms with Gasteiger partial charge in [-0.2, -0.15) is 9.36 Å². The molecular weight excluding hydrogens is 334 g/mol. The molecule has 0 aliphatic carbocycles. The van der Waals surface area contributed by atoms with Crippen molar-refractivity contribution in [3.05, 3.63) is 66.2 Å². The van der Waals surface area contributed by atoms with E-state index in [1.54, 1.807) is 41.9 Å². The minimum Gasteiger partial charge on any atom is -0.322 e. The molecule has 128 valence electrons. The largest absolute Gasteiger partial charge is 0.322 e. The van der Waals surface area contributed by atoms with Gasteiger partial charge in [0.15, 0.2) is 5.82 Å². The molecule has 0 aliphatic heterocycles. The summed E-state index contributed by atoms with van der Waals surface area (Å²) >= 11 is 0. The second-order valence-electron chi connectivity index (χ2n) is 5.41. The van der Waals surface area contributed by atoms with Crippen LogP contribution in [0.15, 0.2) is 54.9 Å². The van der Waals surface area contributed by atoms with Crippen molar-refractivity contribution in [3.63, 3.8) is 0 Å². The number of carbonyl (C=O) groups is 1. The number of carbonyl (C=O) groups excluding carboxylic acids is 1. The van der Waals surface area contributed by atoms with Crippen LogP contribution in [0.3, 0.4) is 0 Å². The van der Waals surface area contributed by atoms with E-state index in [0.717, 1.165) is 5.69 Å². The molecular formula is C16H13N9O. The van der Waals surface area contributed by atoms with Gasteiger partial charge in [0.2, 0.25) is 0 Å². The normalized spacial score (nSPS) is 10.7. The highest BCUT2D eigenvalue weighted by atomic mass is 16.1. The minimum atomic E-state index is -0.276. The molecule has 0 fully saturated rings. The van der Waals surface area contributed by atoms with E-state index in [4.69, 9.17) is 0 Å². The number of hydrogen-bond acceptors (Lipinski definition) is 7. The van der Waals surface area contributed by atoms with Crippen LogP contribution in [0.5, 0.6) is 0 Å². The zero-order valence-electron chi connectivity index (χ0n) is 13.7. The predicted molar refractivity (Wildman–Crippen MR) is 91.0 cm³/mol. The third kappa shape index (κ3) is 2.90. The first-order valence-corrected chi connectivity index (χ1v) is 7.71. The van der Waals surface area contributed by atoms with Crippen molar-refractivity contribution < 1.29 is 4.79 Å². The lowest BCUT2D eigenvalue weighted by molar-refractivity contribution is 0.102. The Balaban J connectivity index is 1.63. The third-order valence-corrected chi connectivity index (χ3v) is 3.72. The van der Waals surface area contributed by atoms with Crippen LogP contribution in [0.4, 0.5) is 5.69 Å². The van der Waals surface area contributed by atoms with E-state index in [0.29, 0.717) is 22.8 Å². The number of tetrazole rings is 2. The molecule has 0 spiro atoms. The van der Waals surface area contributed by atoms with Gasteiger partial charge in [-0.1, -0.05) is 18.2 Å². The van der Waals surface area contributed by atoms with Gasteiger partial charge in [-0.3, -0.25) is 4.79 Å². The fourth-order valence-corrected chi connectivity index (χ4v) is 2.52. The molecule has 0 saturated carbocycles. The van der Waals surface area contributed by atoms with Crippen molar-refractivity contribution in [1.29, 1.82) is 0 Å². The van der Waals surface area contributed by atoms with Crippen LogP contribution < -0.4 is 5.32 Å². The van der Waals surface area contributed by atoms with E-state index in [9.17, 15) is 4.79 Å². The van der Waals surface area contributed by atoms with Crippen molar-refractivity contribution in [2.75, 3.05) is 5.32 Å². The highest BCUT2D eigenvalue weighted by molar-refractivity contribution is 6.06. The second-order valence-corrected chi connectivity index (χ2v) is 5.41. The summed E-state index contributed by atoms with van der Waals surface area (Å²) in [6.45, 7) is 1.80. The van der Waals surface area contributed by atoms with Crippen molar-refractivity contribution in [1.82, 2.24) is 40.4 Å². The maximum absolute atomic E-state index is 12.8. The lowest BCUT2D eigenvalue weighted by Gasteiger charge is -2.10. The molecule has 10 heteroatoms. The van der Waals surface area contributed by atoms with E-state index < -0.39 is 0 Å². The summed E-state index contributed by atoms with van der Waals surface area (Å²) in [5.41, 5.74) is 2.40. The van der Waals surface area contributed by atoms with Crippen LogP contribution in [0, 0.1) is 6.92 Å². The van der Waals surface area contributed by atoms with Gasteiger partial charge >= 0.3 is 0 Å². The van der Waals surface area contributed by atoms with Gasteiger partial charge in [0.25, 0.3) is 5.91 Å². The Labute approximate surface area is 147 Å². The summed E-state index contributed by atoms with van der Waals surface area (Å²) in [7, 11) is 0. The van der Waals surface area contributed by atoms with Crippen molar-refractivity contribution >= 4 is 11.6 Å². The van der Waals surface area contributed by atoms with Gasteiger partial charge < -0.3 is 5.32 Å². The molecule has 0 aliphatic rings. The molecule has 0 radical (unpaired) electrons. The second kappa shape index (κ2) is 6.51. The standard InChI is InChI=1S/C16H13N9O/c1-11-19-21-23-25(11)13-6-4-5-12(9-13)18-16(26)14-7-2-3-8-15(14)24-10-17-20-22-24/h2-10H,1H3,(H,18,26). The number of hydrogen-bond donors (Lipinski definition) is 1. The first kappa shape index (κ1) is 15.6. The highest BCUT2D eigenvalue weighted by Crippen LogP contribution is 2.18. The van der Waals surface area contributed by atoms with Gasteiger partial charge in [0.05, 0.1) is 16.9 Å². The Bertz CT molecular complexity index is 1060. The summed E-state index contributed by atoms with van der Waals surface area (Å²) in [4.78, 5) is 12.8. The smallest absolute Gasteiger partial charge is 0.257 e. The Morgan fingerprint density at radius 3 is 2.69 bits per heavy atom. The minimum absolute atomic E-state index is 0.276. The van der Waals surface area contributed by atoms with E-state index in [1.807, 2.05) is 18.2 Å². The number of aryl methyl sites for hydroxylation is 1. The van der Waals surface area contributed by atoms with Gasteiger partial charge in [-0.05, 0) is 58.1 Å². The number of rotatable bonds is 4. The van der Waals surface area contributed by atoms with Crippen molar-refractivity contribution in [2.24, 2.45) is 0 Å². The molecule has 0 atom stereocenters. The maximum Gasteiger partial charge on any atom is 0.257 e. The Morgan fingerprint density at radius 1 is 1.04 bits per heavy atom. The Hall–Kier alpha value is -3.95. The zero-order chi connectivity index (χ0) is 17.9. The predicted octanol–water partition coefficient (Wildman–Crippen LogP) is 1.20. The number of nitrogens with zero attached hydrogens (tertiary/aromatic N) is 8. The summed E-state index contributed by atoms with van der Waals surface area (Å²) in [5.74, 6) is 0.374. The van der Waals surface area contributed by atoms with Crippen LogP contribution in [0.2, 0.25) is 0 Å². The van der Waals surface area contributed by atoms with Crippen LogP contribution in [0.1, 0.15) is 16.2 Å². The molecule has 2 aromatic heterocycles. The fourth-order valence-electron chi connectivity index (χ4n) is 2.52. The number of aromatic nitrogens is 8. The average Bonchev–Trinajstić information content (AvgIpc) is 3.33. The van der Waals surface area contributed by atoms with Crippen LogP contribution in [-0.4, -0.2) is 46.3 Å². The van der Waals surface area contributed by atoms with Crippen LogP contribution in [0.25, 0.3) is 11.4 Å². The van der Waals surface area contributed by atoms with E-state index in [-0.39, 0.29) is 5.91 Å². The average molecular weight is 347 g/mol. The van der Waals surface area contributed by atoms with Gasteiger partial charge in [0.1, 0.15) is 6.33 Å². The third-order valence-electron chi connectivity index (χ3n) is 3.72. The molecule has 10 nitrogen and oxygen atoms in total. The first-order chi connectivity index (χ1) is 12.7. The maximum atomic E-state index is 12.8. The highest BCUT2D eigenvalue weighted by Gasteiger charge is 2.14. The number of para-hydroxylation sites is 1. The zero-order valence-corrected chi connectivity index (χ0v) is 13.7. The molecule has 1 N–H and O–H groups in total. The van der Waals surface area contributed by atoms with E-state index in [1.165, 1.54) is 11.0 Å². The molecule has 4 rings (SSSR count). The number of benzene rings is 2. The van der Waals surface area contributed by atoms with Crippen LogP contribution in [-0.2, 0) is 0 Å². The molecule has 1 amide bonds. The van der Waals surface area contributed by atoms with Crippen molar-refractivity contribution in [2.45, 2.75) is 6.92 Å².